The highest BCUT2D eigenvalue weighted by molar-refractivity contribution is 7.17. The predicted octanol–water partition coefficient (Wildman–Crippen LogP) is 4.42. The minimum Gasteiger partial charge on any atom is -0.335 e. The van der Waals surface area contributed by atoms with Crippen molar-refractivity contribution in [2.24, 2.45) is 0 Å². The highest BCUT2D eigenvalue weighted by atomic mass is 32.1. The zero-order valence-corrected chi connectivity index (χ0v) is 18.4. The molecular weight excluding hydrogens is 413 g/mol. The Hall–Kier alpha value is -3.06. The Morgan fingerprint density at radius 1 is 0.935 bits per heavy atom. The van der Waals surface area contributed by atoms with Crippen LogP contribution in [0.1, 0.15) is 38.2 Å². The van der Waals surface area contributed by atoms with Crippen molar-refractivity contribution in [1.82, 2.24) is 14.8 Å². The van der Waals surface area contributed by atoms with Gasteiger partial charge in [-0.1, -0.05) is 19.1 Å². The summed E-state index contributed by atoms with van der Waals surface area (Å²) in [7, 11) is 0. The van der Waals surface area contributed by atoms with Gasteiger partial charge >= 0.3 is 0 Å². The Kier molecular flexibility index (Phi) is 6.13. The van der Waals surface area contributed by atoms with Gasteiger partial charge in [0, 0.05) is 37.3 Å². The van der Waals surface area contributed by atoms with Gasteiger partial charge in [0.2, 0.25) is 0 Å². The molecule has 4 rings (SSSR count). The van der Waals surface area contributed by atoms with E-state index in [1.165, 1.54) is 29.0 Å². The topological polar surface area (TPSA) is 53.5 Å². The van der Waals surface area contributed by atoms with E-state index in [1.807, 2.05) is 31.2 Å². The summed E-state index contributed by atoms with van der Waals surface area (Å²) in [5, 5.41) is 0.699. The first kappa shape index (κ1) is 21.2. The van der Waals surface area contributed by atoms with Gasteiger partial charge in [-0.15, -0.1) is 11.3 Å². The first-order chi connectivity index (χ1) is 15.0. The van der Waals surface area contributed by atoms with Crippen LogP contribution in [0.4, 0.5) is 4.39 Å². The Morgan fingerprint density at radius 3 is 2.10 bits per heavy atom. The number of halogens is 1. The zero-order valence-electron chi connectivity index (χ0n) is 17.6. The van der Waals surface area contributed by atoms with Crippen LogP contribution in [0.2, 0.25) is 0 Å². The Labute approximate surface area is 185 Å². The van der Waals surface area contributed by atoms with Gasteiger partial charge in [0.05, 0.1) is 5.69 Å². The molecule has 5 nitrogen and oxygen atoms in total. The number of thiazole rings is 1. The Bertz CT molecular complexity index is 1090. The van der Waals surface area contributed by atoms with Crippen LogP contribution in [0, 0.1) is 12.7 Å². The molecule has 0 bridgehead atoms. The second-order valence-corrected chi connectivity index (χ2v) is 8.57. The molecule has 1 fully saturated rings. The normalized spacial score (nSPS) is 14.0. The molecule has 31 heavy (non-hydrogen) atoms. The molecule has 160 valence electrons. The third-order valence-corrected chi connectivity index (χ3v) is 6.74. The van der Waals surface area contributed by atoms with E-state index in [4.69, 9.17) is 0 Å². The second-order valence-electron chi connectivity index (χ2n) is 7.58. The van der Waals surface area contributed by atoms with E-state index in [0.717, 1.165) is 12.0 Å². The molecule has 1 aliphatic rings. The van der Waals surface area contributed by atoms with E-state index in [1.54, 1.807) is 21.9 Å². The van der Waals surface area contributed by atoms with Crippen molar-refractivity contribution in [3.63, 3.8) is 0 Å². The Balaban J connectivity index is 1.41. The third-order valence-electron chi connectivity index (χ3n) is 5.55. The number of rotatable bonds is 4. The third kappa shape index (κ3) is 4.51. The fraction of sp³-hybridized carbons (Fsp3) is 0.292. The average molecular weight is 438 g/mol. The molecule has 7 heteroatoms. The van der Waals surface area contributed by atoms with Crippen molar-refractivity contribution in [3.8, 4) is 10.6 Å². The molecule has 1 aromatic heterocycles. The minimum absolute atomic E-state index is 0.00215. The van der Waals surface area contributed by atoms with Crippen molar-refractivity contribution in [2.45, 2.75) is 20.3 Å². The van der Waals surface area contributed by atoms with Gasteiger partial charge in [-0.25, -0.2) is 9.37 Å². The lowest BCUT2D eigenvalue weighted by molar-refractivity contribution is 0.0537. The van der Waals surface area contributed by atoms with Crippen LogP contribution in [-0.2, 0) is 6.42 Å². The van der Waals surface area contributed by atoms with Gasteiger partial charge in [-0.05, 0) is 55.3 Å². The summed E-state index contributed by atoms with van der Waals surface area (Å²) >= 11 is 1.32. The van der Waals surface area contributed by atoms with Gasteiger partial charge in [0.25, 0.3) is 11.8 Å². The summed E-state index contributed by atoms with van der Waals surface area (Å²) in [4.78, 5) is 34.5. The van der Waals surface area contributed by atoms with Crippen LogP contribution in [0.15, 0.2) is 48.5 Å². The number of amides is 2. The Morgan fingerprint density at radius 2 is 1.52 bits per heavy atom. The summed E-state index contributed by atoms with van der Waals surface area (Å²) in [5.74, 6) is -0.368. The van der Waals surface area contributed by atoms with Crippen LogP contribution in [0.3, 0.4) is 0 Å². The van der Waals surface area contributed by atoms with E-state index in [0.29, 0.717) is 47.3 Å². The predicted molar refractivity (Wildman–Crippen MR) is 120 cm³/mol. The molecular formula is C24H24FN3O2S. The standard InChI is InChI=1S/C24H24FN3O2S/c1-3-17-4-6-19(7-5-17)23(29)27-12-14-28(15-13-27)24(30)21-16(2)26-22(31-21)18-8-10-20(25)11-9-18/h4-11H,3,12-15H2,1-2H3. The van der Waals surface area contributed by atoms with Crippen molar-refractivity contribution < 1.29 is 14.0 Å². The molecule has 2 aromatic carbocycles. The molecule has 1 aliphatic heterocycles. The van der Waals surface area contributed by atoms with Crippen molar-refractivity contribution in [2.75, 3.05) is 26.2 Å². The number of carbonyl (C=O) groups excluding carboxylic acids is 2. The molecule has 2 amide bonds. The maximum atomic E-state index is 13.2. The fourth-order valence-corrected chi connectivity index (χ4v) is 4.67. The quantitative estimate of drug-likeness (QED) is 0.607. The van der Waals surface area contributed by atoms with Gasteiger partial charge in [0.1, 0.15) is 15.7 Å². The first-order valence-corrected chi connectivity index (χ1v) is 11.2. The molecule has 2 heterocycles. The SMILES string of the molecule is CCc1ccc(C(=O)N2CCN(C(=O)c3sc(-c4ccc(F)cc4)nc3C)CC2)cc1. The zero-order chi connectivity index (χ0) is 22.0. The molecule has 0 N–H and O–H groups in total. The molecule has 0 spiro atoms. The smallest absolute Gasteiger partial charge is 0.265 e. The number of aryl methyl sites for hydroxylation is 2. The molecule has 0 unspecified atom stereocenters. The molecule has 0 aliphatic carbocycles. The van der Waals surface area contributed by atoms with Crippen molar-refractivity contribution in [1.29, 1.82) is 0 Å². The summed E-state index contributed by atoms with van der Waals surface area (Å²) in [5.41, 5.74) is 3.34. The van der Waals surface area contributed by atoms with E-state index in [-0.39, 0.29) is 17.6 Å². The van der Waals surface area contributed by atoms with E-state index < -0.39 is 0 Å². The lowest BCUT2D eigenvalue weighted by Crippen LogP contribution is -2.50. The maximum absolute atomic E-state index is 13.2. The van der Waals surface area contributed by atoms with Crippen LogP contribution >= 0.6 is 11.3 Å². The highest BCUT2D eigenvalue weighted by Crippen LogP contribution is 2.29. The summed E-state index contributed by atoms with van der Waals surface area (Å²) in [6.07, 6.45) is 0.940. The van der Waals surface area contributed by atoms with Crippen LogP contribution in [0.5, 0.6) is 0 Å². The summed E-state index contributed by atoms with van der Waals surface area (Å²) in [6.45, 7) is 5.88. The van der Waals surface area contributed by atoms with Gasteiger partial charge < -0.3 is 9.80 Å². The van der Waals surface area contributed by atoms with Crippen LogP contribution < -0.4 is 0 Å². The lowest BCUT2D eigenvalue weighted by atomic mass is 10.1. The minimum atomic E-state index is -0.304. The molecule has 0 atom stereocenters. The summed E-state index contributed by atoms with van der Waals surface area (Å²) in [6, 6.07) is 13.8. The number of piperazine rings is 1. The van der Waals surface area contributed by atoms with Gasteiger partial charge in [-0.3, -0.25) is 9.59 Å². The van der Waals surface area contributed by atoms with Gasteiger partial charge in [-0.2, -0.15) is 0 Å². The number of hydrogen-bond donors (Lipinski definition) is 0. The monoisotopic (exact) mass is 437 g/mol. The van der Waals surface area contributed by atoms with Crippen molar-refractivity contribution >= 4 is 23.2 Å². The number of carbonyl (C=O) groups is 2. The van der Waals surface area contributed by atoms with Crippen LogP contribution in [-0.4, -0.2) is 52.8 Å². The van der Waals surface area contributed by atoms with E-state index in [2.05, 4.69) is 11.9 Å². The van der Waals surface area contributed by atoms with Crippen molar-refractivity contribution in [3.05, 3.63) is 76.0 Å². The van der Waals surface area contributed by atoms with E-state index in [9.17, 15) is 14.0 Å². The summed E-state index contributed by atoms with van der Waals surface area (Å²) < 4.78 is 13.2. The largest absolute Gasteiger partial charge is 0.335 e. The second kappa shape index (κ2) is 8.98. The van der Waals surface area contributed by atoms with Gasteiger partial charge in [0.15, 0.2) is 0 Å². The lowest BCUT2D eigenvalue weighted by Gasteiger charge is -2.34. The fourth-order valence-electron chi connectivity index (χ4n) is 3.63. The average Bonchev–Trinajstić information content (AvgIpc) is 3.20. The molecule has 0 radical (unpaired) electrons. The van der Waals surface area contributed by atoms with Crippen LogP contribution in [0.25, 0.3) is 10.6 Å². The molecule has 1 saturated heterocycles. The number of nitrogens with zero attached hydrogens (tertiary/aromatic N) is 3. The number of benzene rings is 2. The maximum Gasteiger partial charge on any atom is 0.265 e. The number of hydrogen-bond acceptors (Lipinski definition) is 4. The molecule has 3 aromatic rings. The molecule has 0 saturated carbocycles. The highest BCUT2D eigenvalue weighted by Gasteiger charge is 2.28. The van der Waals surface area contributed by atoms with E-state index >= 15 is 0 Å². The number of aromatic nitrogens is 1. The first-order valence-electron chi connectivity index (χ1n) is 10.4.